The SMILES string of the molecule is C=CCNCCCNCCO. The molecule has 3 nitrogen and oxygen atoms in total. The Hall–Kier alpha value is -0.380. The Balaban J connectivity index is 2.74. The Kier molecular flexibility index (Phi) is 9.29. The Morgan fingerprint density at radius 2 is 1.91 bits per heavy atom. The average molecular weight is 158 g/mol. The van der Waals surface area contributed by atoms with E-state index in [9.17, 15) is 0 Å². The Bertz CT molecular complexity index is 86.2. The highest BCUT2D eigenvalue weighted by Crippen LogP contribution is 1.72. The van der Waals surface area contributed by atoms with Crippen LogP contribution in [0, 0.1) is 0 Å². The lowest BCUT2D eigenvalue weighted by molar-refractivity contribution is 0.292. The predicted molar refractivity (Wildman–Crippen MR) is 47.6 cm³/mol. The minimum absolute atomic E-state index is 0.222. The summed E-state index contributed by atoms with van der Waals surface area (Å²) in [4.78, 5) is 0. The second kappa shape index (κ2) is 9.62. The molecule has 0 aromatic rings. The molecular formula is C8H18N2O. The standard InChI is InChI=1S/C8H18N2O/c1-2-4-9-5-3-6-10-7-8-11/h2,9-11H,1,3-8H2. The van der Waals surface area contributed by atoms with E-state index >= 15 is 0 Å². The zero-order valence-corrected chi connectivity index (χ0v) is 6.97. The van der Waals surface area contributed by atoms with Crippen molar-refractivity contribution in [2.24, 2.45) is 0 Å². The molecule has 66 valence electrons. The monoisotopic (exact) mass is 158 g/mol. The topological polar surface area (TPSA) is 44.3 Å². The minimum atomic E-state index is 0.222. The van der Waals surface area contributed by atoms with Crippen molar-refractivity contribution >= 4 is 0 Å². The van der Waals surface area contributed by atoms with Crippen molar-refractivity contribution in [3.05, 3.63) is 12.7 Å². The van der Waals surface area contributed by atoms with Crippen molar-refractivity contribution < 1.29 is 5.11 Å². The zero-order valence-electron chi connectivity index (χ0n) is 6.97. The number of nitrogens with one attached hydrogen (secondary N) is 2. The van der Waals surface area contributed by atoms with Gasteiger partial charge in [0.15, 0.2) is 0 Å². The van der Waals surface area contributed by atoms with E-state index in [1.807, 2.05) is 6.08 Å². The number of aliphatic hydroxyl groups is 1. The number of hydrogen-bond acceptors (Lipinski definition) is 3. The molecule has 0 atom stereocenters. The molecule has 0 saturated heterocycles. The fourth-order valence-electron chi connectivity index (χ4n) is 0.747. The molecule has 3 heteroatoms. The lowest BCUT2D eigenvalue weighted by atomic mass is 10.4. The quantitative estimate of drug-likeness (QED) is 0.337. The third-order valence-corrected chi connectivity index (χ3v) is 1.28. The van der Waals surface area contributed by atoms with Gasteiger partial charge in [0.2, 0.25) is 0 Å². The first-order valence-corrected chi connectivity index (χ1v) is 4.05. The van der Waals surface area contributed by atoms with E-state index < -0.39 is 0 Å². The largest absolute Gasteiger partial charge is 0.395 e. The summed E-state index contributed by atoms with van der Waals surface area (Å²) in [6.45, 7) is 7.36. The fraction of sp³-hybridized carbons (Fsp3) is 0.750. The van der Waals surface area contributed by atoms with Gasteiger partial charge >= 0.3 is 0 Å². The van der Waals surface area contributed by atoms with Gasteiger partial charge in [0.25, 0.3) is 0 Å². The van der Waals surface area contributed by atoms with Crippen LogP contribution in [0.1, 0.15) is 6.42 Å². The smallest absolute Gasteiger partial charge is 0.0555 e. The fourth-order valence-corrected chi connectivity index (χ4v) is 0.747. The van der Waals surface area contributed by atoms with Crippen LogP contribution in [0.5, 0.6) is 0 Å². The van der Waals surface area contributed by atoms with Gasteiger partial charge in [-0.3, -0.25) is 0 Å². The molecule has 0 aliphatic heterocycles. The van der Waals surface area contributed by atoms with Crippen LogP contribution in [-0.2, 0) is 0 Å². The van der Waals surface area contributed by atoms with Gasteiger partial charge in [-0.2, -0.15) is 0 Å². The summed E-state index contributed by atoms with van der Waals surface area (Å²) in [5.41, 5.74) is 0. The van der Waals surface area contributed by atoms with Crippen molar-refractivity contribution in [3.8, 4) is 0 Å². The first kappa shape index (κ1) is 10.6. The minimum Gasteiger partial charge on any atom is -0.395 e. The first-order chi connectivity index (χ1) is 5.41. The van der Waals surface area contributed by atoms with Gasteiger partial charge in [-0.05, 0) is 19.5 Å². The van der Waals surface area contributed by atoms with Crippen molar-refractivity contribution in [3.63, 3.8) is 0 Å². The Labute approximate surface area is 68.5 Å². The molecule has 0 rings (SSSR count). The van der Waals surface area contributed by atoms with E-state index in [1.165, 1.54) is 0 Å². The van der Waals surface area contributed by atoms with Crippen molar-refractivity contribution in [1.29, 1.82) is 0 Å². The molecule has 0 aromatic carbocycles. The van der Waals surface area contributed by atoms with Crippen molar-refractivity contribution in [2.75, 3.05) is 32.8 Å². The maximum atomic E-state index is 8.42. The van der Waals surface area contributed by atoms with Gasteiger partial charge in [0.1, 0.15) is 0 Å². The summed E-state index contributed by atoms with van der Waals surface area (Å²) in [5.74, 6) is 0. The molecule has 3 N–H and O–H groups in total. The molecular weight excluding hydrogens is 140 g/mol. The zero-order chi connectivity index (χ0) is 8.36. The molecule has 0 unspecified atom stereocenters. The molecule has 11 heavy (non-hydrogen) atoms. The van der Waals surface area contributed by atoms with Crippen LogP contribution in [0.25, 0.3) is 0 Å². The normalized spacial score (nSPS) is 9.91. The highest BCUT2D eigenvalue weighted by atomic mass is 16.3. The number of rotatable bonds is 8. The molecule has 0 amide bonds. The molecule has 0 aromatic heterocycles. The third kappa shape index (κ3) is 9.62. The maximum Gasteiger partial charge on any atom is 0.0555 e. The maximum absolute atomic E-state index is 8.42. The molecule has 0 radical (unpaired) electrons. The van der Waals surface area contributed by atoms with Crippen LogP contribution in [-0.4, -0.2) is 37.9 Å². The summed E-state index contributed by atoms with van der Waals surface area (Å²) in [6, 6.07) is 0. The van der Waals surface area contributed by atoms with Gasteiger partial charge < -0.3 is 15.7 Å². The predicted octanol–water partition coefficient (Wildman–Crippen LogP) is -0.266. The summed E-state index contributed by atoms with van der Waals surface area (Å²) >= 11 is 0. The van der Waals surface area contributed by atoms with E-state index in [2.05, 4.69) is 17.2 Å². The highest BCUT2D eigenvalue weighted by molar-refractivity contribution is 4.69. The third-order valence-electron chi connectivity index (χ3n) is 1.28. The van der Waals surface area contributed by atoms with Crippen molar-refractivity contribution in [1.82, 2.24) is 10.6 Å². The lowest BCUT2D eigenvalue weighted by Crippen LogP contribution is -2.24. The molecule has 0 aliphatic carbocycles. The first-order valence-electron chi connectivity index (χ1n) is 4.05. The van der Waals surface area contributed by atoms with Crippen LogP contribution in [0.2, 0.25) is 0 Å². The Morgan fingerprint density at radius 3 is 2.55 bits per heavy atom. The average Bonchev–Trinajstić information content (AvgIpc) is 2.03. The van der Waals surface area contributed by atoms with E-state index in [0.29, 0.717) is 6.54 Å². The van der Waals surface area contributed by atoms with E-state index in [-0.39, 0.29) is 6.61 Å². The highest BCUT2D eigenvalue weighted by Gasteiger charge is 1.85. The molecule has 0 aliphatic rings. The van der Waals surface area contributed by atoms with Crippen LogP contribution in [0.3, 0.4) is 0 Å². The Morgan fingerprint density at radius 1 is 1.18 bits per heavy atom. The lowest BCUT2D eigenvalue weighted by Gasteiger charge is -2.02. The van der Waals surface area contributed by atoms with Crippen LogP contribution in [0.15, 0.2) is 12.7 Å². The number of aliphatic hydroxyl groups excluding tert-OH is 1. The van der Waals surface area contributed by atoms with Gasteiger partial charge in [0, 0.05) is 13.1 Å². The van der Waals surface area contributed by atoms with Crippen LogP contribution >= 0.6 is 0 Å². The van der Waals surface area contributed by atoms with Crippen molar-refractivity contribution in [2.45, 2.75) is 6.42 Å². The second-order valence-corrected chi connectivity index (χ2v) is 2.32. The van der Waals surface area contributed by atoms with Gasteiger partial charge in [0.05, 0.1) is 6.61 Å². The molecule has 0 bridgehead atoms. The van der Waals surface area contributed by atoms with Gasteiger partial charge in [-0.25, -0.2) is 0 Å². The summed E-state index contributed by atoms with van der Waals surface area (Å²) in [7, 11) is 0. The summed E-state index contributed by atoms with van der Waals surface area (Å²) < 4.78 is 0. The van der Waals surface area contributed by atoms with E-state index in [1.54, 1.807) is 0 Å². The van der Waals surface area contributed by atoms with E-state index in [0.717, 1.165) is 26.1 Å². The van der Waals surface area contributed by atoms with Crippen LogP contribution in [0.4, 0.5) is 0 Å². The summed E-state index contributed by atoms with van der Waals surface area (Å²) in [6.07, 6.45) is 2.94. The molecule has 0 spiro atoms. The van der Waals surface area contributed by atoms with Crippen LogP contribution < -0.4 is 10.6 Å². The van der Waals surface area contributed by atoms with Gasteiger partial charge in [-0.15, -0.1) is 6.58 Å². The summed E-state index contributed by atoms with van der Waals surface area (Å²) in [5, 5.41) is 14.7. The molecule has 0 heterocycles. The molecule has 0 fully saturated rings. The van der Waals surface area contributed by atoms with Gasteiger partial charge in [-0.1, -0.05) is 6.08 Å². The second-order valence-electron chi connectivity index (χ2n) is 2.32. The number of hydrogen-bond donors (Lipinski definition) is 3. The molecule has 0 saturated carbocycles. The van der Waals surface area contributed by atoms with E-state index in [4.69, 9.17) is 5.11 Å².